The maximum atomic E-state index is 13.2. The van der Waals surface area contributed by atoms with E-state index in [4.69, 9.17) is 0 Å². The first kappa shape index (κ1) is 19.7. The summed E-state index contributed by atoms with van der Waals surface area (Å²) in [5, 5.41) is 2.57. The van der Waals surface area contributed by atoms with E-state index in [9.17, 15) is 17.6 Å². The average molecular weight is 398 g/mol. The highest BCUT2D eigenvalue weighted by Crippen LogP contribution is 2.18. The predicted octanol–water partition coefficient (Wildman–Crippen LogP) is 4.12. The van der Waals surface area contributed by atoms with Gasteiger partial charge in [0.1, 0.15) is 5.82 Å². The molecule has 5 nitrogen and oxygen atoms in total. The number of nitrogens with one attached hydrogen (secondary N) is 2. The lowest BCUT2D eigenvalue weighted by atomic mass is 10.1. The number of carbonyl (C=O) groups excluding carboxylic acids is 1. The second kappa shape index (κ2) is 8.33. The van der Waals surface area contributed by atoms with E-state index in [-0.39, 0.29) is 10.5 Å². The third-order valence-corrected chi connectivity index (χ3v) is 5.70. The third kappa shape index (κ3) is 4.82. The fourth-order valence-electron chi connectivity index (χ4n) is 2.67. The van der Waals surface area contributed by atoms with Crippen LogP contribution in [-0.4, -0.2) is 14.3 Å². The van der Waals surface area contributed by atoms with Gasteiger partial charge in [0.25, 0.3) is 5.91 Å². The summed E-state index contributed by atoms with van der Waals surface area (Å²) in [5.41, 5.74) is 1.43. The van der Waals surface area contributed by atoms with E-state index in [1.165, 1.54) is 42.5 Å². The van der Waals surface area contributed by atoms with E-state index in [1.54, 1.807) is 13.0 Å². The van der Waals surface area contributed by atoms with Crippen LogP contribution in [0.3, 0.4) is 0 Å². The second-order valence-electron chi connectivity index (χ2n) is 6.24. The third-order valence-electron chi connectivity index (χ3n) is 4.14. The molecule has 0 bridgehead atoms. The van der Waals surface area contributed by atoms with Gasteiger partial charge >= 0.3 is 0 Å². The first-order valence-electron chi connectivity index (χ1n) is 8.59. The molecule has 0 fully saturated rings. The zero-order chi connectivity index (χ0) is 20.1. The van der Waals surface area contributed by atoms with Crippen molar-refractivity contribution in [1.29, 1.82) is 0 Å². The van der Waals surface area contributed by atoms with Crippen molar-refractivity contribution in [3.8, 4) is 0 Å². The summed E-state index contributed by atoms with van der Waals surface area (Å²) in [6.07, 6.45) is 0. The molecule has 1 amide bonds. The van der Waals surface area contributed by atoms with Crippen LogP contribution in [0.5, 0.6) is 0 Å². The summed E-state index contributed by atoms with van der Waals surface area (Å²) in [7, 11) is -3.75. The van der Waals surface area contributed by atoms with Gasteiger partial charge in [-0.3, -0.25) is 4.79 Å². The van der Waals surface area contributed by atoms with Crippen LogP contribution in [0.1, 0.15) is 28.9 Å². The number of benzene rings is 3. The fourth-order valence-corrected chi connectivity index (χ4v) is 3.90. The van der Waals surface area contributed by atoms with E-state index >= 15 is 0 Å². The normalized spacial score (nSPS) is 12.4. The van der Waals surface area contributed by atoms with Crippen LogP contribution < -0.4 is 10.0 Å². The van der Waals surface area contributed by atoms with Gasteiger partial charge in [-0.2, -0.15) is 0 Å². The zero-order valence-corrected chi connectivity index (χ0v) is 15.9. The molecule has 144 valence electrons. The number of rotatable bonds is 6. The molecule has 0 aliphatic heterocycles. The number of amides is 1. The van der Waals surface area contributed by atoms with Crippen molar-refractivity contribution in [2.75, 3.05) is 5.32 Å². The van der Waals surface area contributed by atoms with Crippen LogP contribution in [0.2, 0.25) is 0 Å². The summed E-state index contributed by atoms with van der Waals surface area (Å²) < 4.78 is 41.0. The van der Waals surface area contributed by atoms with E-state index in [0.717, 1.165) is 5.56 Å². The van der Waals surface area contributed by atoms with Crippen molar-refractivity contribution in [2.24, 2.45) is 0 Å². The van der Waals surface area contributed by atoms with Gasteiger partial charge in [-0.1, -0.05) is 36.4 Å². The minimum absolute atomic E-state index is 0.0533. The van der Waals surface area contributed by atoms with E-state index in [2.05, 4.69) is 10.0 Å². The molecule has 3 aromatic carbocycles. The van der Waals surface area contributed by atoms with Crippen molar-refractivity contribution < 1.29 is 17.6 Å². The van der Waals surface area contributed by atoms with E-state index < -0.39 is 27.8 Å². The Kier molecular flexibility index (Phi) is 5.87. The molecule has 3 rings (SSSR count). The molecule has 0 spiro atoms. The van der Waals surface area contributed by atoms with Gasteiger partial charge < -0.3 is 5.32 Å². The predicted molar refractivity (Wildman–Crippen MR) is 106 cm³/mol. The number of anilines is 1. The molecule has 2 N–H and O–H groups in total. The Morgan fingerprint density at radius 3 is 2.25 bits per heavy atom. The van der Waals surface area contributed by atoms with Crippen LogP contribution in [0.15, 0.2) is 83.8 Å². The molecule has 0 saturated carbocycles. The molecular formula is C21H19FN2O3S. The molecule has 1 atom stereocenters. The van der Waals surface area contributed by atoms with Crippen molar-refractivity contribution in [3.05, 3.63) is 95.8 Å². The van der Waals surface area contributed by atoms with Gasteiger partial charge in [0, 0.05) is 17.3 Å². The lowest BCUT2D eigenvalue weighted by Gasteiger charge is -2.15. The Balaban J connectivity index is 1.71. The molecule has 28 heavy (non-hydrogen) atoms. The number of hydrogen-bond donors (Lipinski definition) is 2. The smallest absolute Gasteiger partial charge is 0.255 e. The summed E-state index contributed by atoms with van der Waals surface area (Å²) in [6, 6.07) is 19.9. The fraction of sp³-hybridized carbons (Fsp3) is 0.0952. The Morgan fingerprint density at radius 2 is 1.61 bits per heavy atom. The molecule has 7 heteroatoms. The topological polar surface area (TPSA) is 75.3 Å². The number of hydrogen-bond acceptors (Lipinski definition) is 3. The van der Waals surface area contributed by atoms with Gasteiger partial charge in [0.15, 0.2) is 0 Å². The van der Waals surface area contributed by atoms with Crippen LogP contribution in [-0.2, 0) is 10.0 Å². The van der Waals surface area contributed by atoms with Gasteiger partial charge in [-0.15, -0.1) is 0 Å². The number of carbonyl (C=O) groups is 1. The quantitative estimate of drug-likeness (QED) is 0.656. The minimum Gasteiger partial charge on any atom is -0.322 e. The molecule has 1 unspecified atom stereocenters. The SMILES string of the molecule is CC(NS(=O)(=O)c1ccc(C(=O)Nc2cccc(F)c2)cc1)c1ccccc1. The monoisotopic (exact) mass is 398 g/mol. The van der Waals surface area contributed by atoms with Gasteiger partial charge in [0.05, 0.1) is 4.90 Å². The van der Waals surface area contributed by atoms with E-state index in [1.807, 2.05) is 30.3 Å². The molecule has 0 radical (unpaired) electrons. The molecule has 3 aromatic rings. The summed E-state index contributed by atoms with van der Waals surface area (Å²) >= 11 is 0. The van der Waals surface area contributed by atoms with Gasteiger partial charge in [-0.05, 0) is 55.0 Å². The first-order valence-corrected chi connectivity index (χ1v) is 10.1. The van der Waals surface area contributed by atoms with Gasteiger partial charge in [0.2, 0.25) is 10.0 Å². The summed E-state index contributed by atoms with van der Waals surface area (Å²) in [6.45, 7) is 1.76. The van der Waals surface area contributed by atoms with Crippen LogP contribution >= 0.6 is 0 Å². The minimum atomic E-state index is -3.75. The van der Waals surface area contributed by atoms with Crippen molar-refractivity contribution in [2.45, 2.75) is 17.9 Å². The first-order chi connectivity index (χ1) is 13.3. The van der Waals surface area contributed by atoms with Crippen molar-refractivity contribution in [1.82, 2.24) is 4.72 Å². The highest BCUT2D eigenvalue weighted by Gasteiger charge is 2.19. The Labute approximate surface area is 163 Å². The Bertz CT molecular complexity index is 1070. The molecule has 0 heterocycles. The van der Waals surface area contributed by atoms with Crippen molar-refractivity contribution in [3.63, 3.8) is 0 Å². The summed E-state index contributed by atoms with van der Waals surface area (Å²) in [4.78, 5) is 12.3. The number of sulfonamides is 1. The maximum absolute atomic E-state index is 13.2. The van der Waals surface area contributed by atoms with Gasteiger partial charge in [-0.25, -0.2) is 17.5 Å². The number of halogens is 1. The average Bonchev–Trinajstić information content (AvgIpc) is 2.68. The second-order valence-corrected chi connectivity index (χ2v) is 7.96. The largest absolute Gasteiger partial charge is 0.322 e. The molecule has 0 aliphatic rings. The lowest BCUT2D eigenvalue weighted by molar-refractivity contribution is 0.102. The highest BCUT2D eigenvalue weighted by atomic mass is 32.2. The standard InChI is InChI=1S/C21H19FN2O3S/c1-15(16-6-3-2-4-7-16)24-28(26,27)20-12-10-17(11-13-20)21(25)23-19-9-5-8-18(22)14-19/h2-15,24H,1H3,(H,23,25). The van der Waals surface area contributed by atoms with E-state index in [0.29, 0.717) is 5.69 Å². The highest BCUT2D eigenvalue weighted by molar-refractivity contribution is 7.89. The Morgan fingerprint density at radius 1 is 0.929 bits per heavy atom. The molecule has 0 aliphatic carbocycles. The van der Waals surface area contributed by atoms with Crippen molar-refractivity contribution >= 4 is 21.6 Å². The lowest BCUT2D eigenvalue weighted by Crippen LogP contribution is -2.27. The maximum Gasteiger partial charge on any atom is 0.255 e. The molecular weight excluding hydrogens is 379 g/mol. The zero-order valence-electron chi connectivity index (χ0n) is 15.1. The van der Waals surface area contributed by atoms with Crippen LogP contribution in [0.4, 0.5) is 10.1 Å². The molecule has 0 aromatic heterocycles. The van der Waals surface area contributed by atoms with Crippen LogP contribution in [0.25, 0.3) is 0 Å². The molecule has 0 saturated heterocycles. The summed E-state index contributed by atoms with van der Waals surface area (Å²) in [5.74, 6) is -0.919. The van der Waals surface area contributed by atoms with Crippen LogP contribution in [0, 0.1) is 5.82 Å². The Hall–Kier alpha value is -3.03.